The van der Waals surface area contributed by atoms with Crippen LogP contribution >= 0.6 is 0 Å². The van der Waals surface area contributed by atoms with Crippen LogP contribution in [-0.4, -0.2) is 49.1 Å². The van der Waals surface area contributed by atoms with Gasteiger partial charge in [0.1, 0.15) is 11.4 Å². The summed E-state index contributed by atoms with van der Waals surface area (Å²) in [5.74, 6) is -0.547. The minimum atomic E-state index is -3.00. The van der Waals surface area contributed by atoms with E-state index >= 15 is 0 Å². The molecule has 1 unspecified atom stereocenters. The minimum absolute atomic E-state index is 0.0547. The average Bonchev–Trinajstić information content (AvgIpc) is 2.68. The van der Waals surface area contributed by atoms with Crippen LogP contribution in [0.4, 0.5) is 5.82 Å². The molecule has 2 rings (SSSR count). The molecule has 6 nitrogen and oxygen atoms in total. The molecule has 2 heterocycles. The van der Waals surface area contributed by atoms with Gasteiger partial charge in [0.15, 0.2) is 9.84 Å². The smallest absolute Gasteiger partial charge is 0.339 e. The van der Waals surface area contributed by atoms with Crippen molar-refractivity contribution in [1.29, 1.82) is 0 Å². The number of carboxylic acid groups (broad SMARTS) is 1. The van der Waals surface area contributed by atoms with Gasteiger partial charge in [-0.3, -0.25) is 0 Å². The molecule has 7 heteroatoms. The highest BCUT2D eigenvalue weighted by atomic mass is 32.2. The van der Waals surface area contributed by atoms with E-state index in [1.54, 1.807) is 18.0 Å². The van der Waals surface area contributed by atoms with Gasteiger partial charge < -0.3 is 10.0 Å². The lowest BCUT2D eigenvalue weighted by Gasteiger charge is -2.25. The minimum Gasteiger partial charge on any atom is -0.478 e. The lowest BCUT2D eigenvalue weighted by molar-refractivity contribution is 0.0697. The second-order valence-corrected chi connectivity index (χ2v) is 6.58. The Labute approximate surface area is 105 Å². The zero-order valence-corrected chi connectivity index (χ0v) is 10.7. The Morgan fingerprint density at radius 1 is 1.56 bits per heavy atom. The Kier molecular flexibility index (Phi) is 3.25. The van der Waals surface area contributed by atoms with Gasteiger partial charge in [-0.1, -0.05) is 0 Å². The molecule has 1 atom stereocenters. The van der Waals surface area contributed by atoms with Crippen LogP contribution in [0.15, 0.2) is 18.3 Å². The Morgan fingerprint density at radius 2 is 2.28 bits per heavy atom. The fourth-order valence-corrected chi connectivity index (χ4v) is 3.87. The molecule has 1 N–H and O–H groups in total. The van der Waals surface area contributed by atoms with Crippen molar-refractivity contribution in [1.82, 2.24) is 4.98 Å². The molecule has 1 aliphatic rings. The summed E-state index contributed by atoms with van der Waals surface area (Å²) < 4.78 is 22.9. The van der Waals surface area contributed by atoms with Gasteiger partial charge in [-0.2, -0.15) is 0 Å². The van der Waals surface area contributed by atoms with Gasteiger partial charge in [0.05, 0.1) is 11.5 Å². The van der Waals surface area contributed by atoms with E-state index in [9.17, 15) is 13.2 Å². The maximum atomic E-state index is 11.4. The molecule has 1 saturated heterocycles. The molecule has 0 aromatic carbocycles. The third-order valence-corrected chi connectivity index (χ3v) is 4.86. The highest BCUT2D eigenvalue weighted by Crippen LogP contribution is 2.23. The van der Waals surface area contributed by atoms with Gasteiger partial charge in [0.25, 0.3) is 0 Å². The van der Waals surface area contributed by atoms with Crippen molar-refractivity contribution in [3.05, 3.63) is 23.9 Å². The molecular formula is C11H14N2O4S. The fourth-order valence-electron chi connectivity index (χ4n) is 2.10. The Balaban J connectivity index is 2.30. The van der Waals surface area contributed by atoms with E-state index in [0.717, 1.165) is 0 Å². The van der Waals surface area contributed by atoms with Gasteiger partial charge in [-0.05, 0) is 18.6 Å². The number of carbonyl (C=O) groups is 1. The topological polar surface area (TPSA) is 87.6 Å². The van der Waals surface area contributed by atoms with E-state index in [0.29, 0.717) is 12.2 Å². The normalized spacial score (nSPS) is 21.7. The highest BCUT2D eigenvalue weighted by molar-refractivity contribution is 7.91. The number of anilines is 1. The Morgan fingerprint density at radius 3 is 2.83 bits per heavy atom. The molecule has 0 bridgehead atoms. The van der Waals surface area contributed by atoms with Gasteiger partial charge in [0.2, 0.25) is 0 Å². The van der Waals surface area contributed by atoms with E-state index in [1.807, 2.05) is 0 Å². The zero-order chi connectivity index (χ0) is 13.3. The van der Waals surface area contributed by atoms with Crippen molar-refractivity contribution >= 4 is 21.6 Å². The van der Waals surface area contributed by atoms with Crippen molar-refractivity contribution in [2.24, 2.45) is 0 Å². The third kappa shape index (κ3) is 2.45. The number of aromatic carboxylic acids is 1. The first kappa shape index (κ1) is 12.8. The van der Waals surface area contributed by atoms with Crippen LogP contribution in [-0.2, 0) is 9.84 Å². The summed E-state index contributed by atoms with van der Waals surface area (Å²) in [4.78, 5) is 16.8. The quantitative estimate of drug-likeness (QED) is 0.855. The molecule has 98 valence electrons. The maximum Gasteiger partial charge on any atom is 0.339 e. The van der Waals surface area contributed by atoms with Crippen molar-refractivity contribution in [2.75, 3.05) is 23.5 Å². The molecule has 1 fully saturated rings. The highest BCUT2D eigenvalue weighted by Gasteiger charge is 2.32. The first-order valence-electron chi connectivity index (χ1n) is 5.52. The fraction of sp³-hybridized carbons (Fsp3) is 0.455. The molecule has 0 spiro atoms. The number of nitrogens with zero attached hydrogens (tertiary/aromatic N) is 2. The van der Waals surface area contributed by atoms with Gasteiger partial charge >= 0.3 is 5.97 Å². The predicted molar refractivity (Wildman–Crippen MR) is 66.7 cm³/mol. The molecule has 0 amide bonds. The van der Waals surface area contributed by atoms with Crippen molar-refractivity contribution in [2.45, 2.75) is 12.5 Å². The van der Waals surface area contributed by atoms with Crippen LogP contribution in [0.2, 0.25) is 0 Å². The number of carboxylic acids is 1. The van der Waals surface area contributed by atoms with Crippen LogP contribution in [0.1, 0.15) is 16.8 Å². The molecule has 18 heavy (non-hydrogen) atoms. The molecule has 1 aliphatic heterocycles. The van der Waals surface area contributed by atoms with Crippen LogP contribution in [0, 0.1) is 0 Å². The zero-order valence-electron chi connectivity index (χ0n) is 9.91. The van der Waals surface area contributed by atoms with Gasteiger partial charge in [0, 0.05) is 19.3 Å². The number of pyridine rings is 1. The lowest BCUT2D eigenvalue weighted by Crippen LogP contribution is -2.34. The number of hydrogen-bond acceptors (Lipinski definition) is 5. The van der Waals surface area contributed by atoms with Crippen LogP contribution in [0.3, 0.4) is 0 Å². The number of aromatic nitrogens is 1. The van der Waals surface area contributed by atoms with E-state index in [4.69, 9.17) is 5.11 Å². The molecule has 1 aromatic heterocycles. The van der Waals surface area contributed by atoms with Crippen molar-refractivity contribution in [3.63, 3.8) is 0 Å². The molecule has 0 radical (unpaired) electrons. The van der Waals surface area contributed by atoms with E-state index in [2.05, 4.69) is 4.98 Å². The van der Waals surface area contributed by atoms with Gasteiger partial charge in [-0.25, -0.2) is 18.2 Å². The predicted octanol–water partition coefficient (Wildman–Crippen LogP) is 0.403. The summed E-state index contributed by atoms with van der Waals surface area (Å²) in [6.45, 7) is 0. The standard InChI is InChI=1S/C11H14N2O4S/c1-13(8-4-6-18(16,17)7-8)10-9(11(14)15)3-2-5-12-10/h2-3,5,8H,4,6-7H2,1H3,(H,14,15). The molecule has 0 saturated carbocycles. The van der Waals surface area contributed by atoms with Crippen LogP contribution in [0.25, 0.3) is 0 Å². The number of rotatable bonds is 3. The summed E-state index contributed by atoms with van der Waals surface area (Å²) in [6.07, 6.45) is 2.01. The summed E-state index contributed by atoms with van der Waals surface area (Å²) in [5, 5.41) is 9.08. The van der Waals surface area contributed by atoms with E-state index < -0.39 is 15.8 Å². The lowest BCUT2D eigenvalue weighted by atomic mass is 10.2. The van der Waals surface area contributed by atoms with Crippen LogP contribution < -0.4 is 4.90 Å². The Bertz CT molecular complexity index is 570. The molecular weight excluding hydrogens is 256 g/mol. The summed E-state index contributed by atoms with van der Waals surface area (Å²) >= 11 is 0. The van der Waals surface area contributed by atoms with E-state index in [-0.39, 0.29) is 23.1 Å². The monoisotopic (exact) mass is 270 g/mol. The number of sulfone groups is 1. The Hall–Kier alpha value is -1.63. The van der Waals surface area contributed by atoms with Crippen molar-refractivity contribution < 1.29 is 18.3 Å². The van der Waals surface area contributed by atoms with E-state index in [1.165, 1.54) is 12.3 Å². The SMILES string of the molecule is CN(c1ncccc1C(=O)O)C1CCS(=O)(=O)C1. The first-order valence-corrected chi connectivity index (χ1v) is 7.34. The van der Waals surface area contributed by atoms with Crippen molar-refractivity contribution in [3.8, 4) is 0 Å². The first-order chi connectivity index (χ1) is 8.41. The summed E-state index contributed by atoms with van der Waals surface area (Å²) in [5.41, 5.74) is 0.0873. The van der Waals surface area contributed by atoms with Crippen LogP contribution in [0.5, 0.6) is 0 Å². The third-order valence-electron chi connectivity index (χ3n) is 3.11. The second-order valence-electron chi connectivity index (χ2n) is 4.35. The molecule has 1 aromatic rings. The maximum absolute atomic E-state index is 11.4. The molecule has 0 aliphatic carbocycles. The largest absolute Gasteiger partial charge is 0.478 e. The average molecular weight is 270 g/mol. The van der Waals surface area contributed by atoms with Gasteiger partial charge in [-0.15, -0.1) is 0 Å². The summed E-state index contributed by atoms with van der Waals surface area (Å²) in [7, 11) is -1.32. The summed E-state index contributed by atoms with van der Waals surface area (Å²) in [6, 6.07) is 2.81. The second kappa shape index (κ2) is 4.56. The number of hydrogen-bond donors (Lipinski definition) is 1.